The van der Waals surface area contributed by atoms with Crippen molar-refractivity contribution in [2.75, 3.05) is 18.1 Å². The Hall–Kier alpha value is -0.500. The van der Waals surface area contributed by atoms with E-state index in [1.54, 1.807) is 16.8 Å². The highest BCUT2D eigenvalue weighted by atomic mass is 32.2. The van der Waals surface area contributed by atoms with Gasteiger partial charge in [-0.1, -0.05) is 0 Å². The second-order valence-electron chi connectivity index (χ2n) is 3.77. The molecule has 3 fully saturated rings. The van der Waals surface area contributed by atoms with Gasteiger partial charge in [0.05, 0.1) is 0 Å². The zero-order valence-corrected chi connectivity index (χ0v) is 7.80. The first-order valence-electron chi connectivity index (χ1n) is 4.11. The number of amides is 2. The Balaban J connectivity index is 2.12. The molecule has 72 valence electrons. The maximum absolute atomic E-state index is 11.6. The van der Waals surface area contributed by atoms with Gasteiger partial charge in [-0.05, 0) is 0 Å². The van der Waals surface area contributed by atoms with Crippen LogP contribution in [-0.2, 0) is 0 Å². The molecule has 0 bridgehead atoms. The van der Waals surface area contributed by atoms with Gasteiger partial charge < -0.3 is 5.73 Å². The summed E-state index contributed by atoms with van der Waals surface area (Å²) in [5, 5.41) is 2.75. The lowest BCUT2D eigenvalue weighted by Crippen LogP contribution is -2.79. The minimum absolute atomic E-state index is 0.214. The molecule has 0 aromatic carbocycles. The van der Waals surface area contributed by atoms with Crippen LogP contribution in [0.1, 0.15) is 0 Å². The highest BCUT2D eigenvalue weighted by Crippen LogP contribution is 2.48. The first-order valence-corrected chi connectivity index (χ1v) is 5.27. The van der Waals surface area contributed by atoms with Crippen molar-refractivity contribution in [1.82, 2.24) is 15.4 Å². The van der Waals surface area contributed by atoms with E-state index in [1.807, 2.05) is 0 Å². The van der Waals surface area contributed by atoms with Crippen molar-refractivity contribution in [3.05, 3.63) is 0 Å². The molecule has 3 aliphatic heterocycles. The van der Waals surface area contributed by atoms with Crippen molar-refractivity contribution in [3.8, 4) is 0 Å². The van der Waals surface area contributed by atoms with E-state index in [2.05, 4.69) is 5.43 Å². The second-order valence-corrected chi connectivity index (χ2v) is 4.76. The minimum atomic E-state index is -0.681. The molecule has 13 heavy (non-hydrogen) atoms. The molecule has 3 saturated heterocycles. The highest BCUT2D eigenvalue weighted by molar-refractivity contribution is 7.99. The van der Waals surface area contributed by atoms with Crippen molar-refractivity contribution < 1.29 is 4.79 Å². The van der Waals surface area contributed by atoms with Gasteiger partial charge >= 0.3 is 6.03 Å². The number of nitrogens with zero attached hydrogens (tertiary/aromatic N) is 2. The lowest BCUT2D eigenvalue weighted by molar-refractivity contribution is -0.0178. The summed E-state index contributed by atoms with van der Waals surface area (Å²) >= 11 is 1.74. The van der Waals surface area contributed by atoms with Crippen molar-refractivity contribution in [2.45, 2.75) is 11.2 Å². The number of hydrogen-bond donors (Lipinski definition) is 3. The molecule has 2 amide bonds. The fourth-order valence-electron chi connectivity index (χ4n) is 2.27. The minimum Gasteiger partial charge on any atom is -0.305 e. The summed E-state index contributed by atoms with van der Waals surface area (Å²) in [5.41, 5.74) is 8.15. The zero-order valence-electron chi connectivity index (χ0n) is 6.99. The molecule has 6 nitrogen and oxygen atoms in total. The highest BCUT2D eigenvalue weighted by Gasteiger charge is 2.72. The van der Waals surface area contributed by atoms with E-state index in [0.717, 1.165) is 12.3 Å². The largest absolute Gasteiger partial charge is 0.351 e. The summed E-state index contributed by atoms with van der Waals surface area (Å²) in [6, 6.07) is -0.214. The number of carbonyl (C=O) groups is 1. The lowest BCUT2D eigenvalue weighted by atomic mass is 9.86. The van der Waals surface area contributed by atoms with E-state index in [0.29, 0.717) is 5.75 Å². The van der Waals surface area contributed by atoms with Crippen molar-refractivity contribution in [3.63, 3.8) is 0 Å². The predicted octanol–water partition coefficient (Wildman–Crippen LogP) is -1.74. The van der Waals surface area contributed by atoms with Gasteiger partial charge in [-0.25, -0.2) is 26.1 Å². The van der Waals surface area contributed by atoms with Gasteiger partial charge in [0.15, 0.2) is 0 Å². The van der Waals surface area contributed by atoms with Crippen LogP contribution in [0.3, 0.4) is 0 Å². The quantitative estimate of drug-likeness (QED) is 0.246. The average molecular weight is 201 g/mol. The third kappa shape index (κ3) is 0.575. The number of nitrogens with two attached hydrogens (primary N) is 2. The van der Waals surface area contributed by atoms with Gasteiger partial charge in [0.25, 0.3) is 0 Å². The Morgan fingerprint density at radius 3 is 2.85 bits per heavy atom. The maximum atomic E-state index is 11.6. The molecule has 1 spiro atoms. The standard InChI is InChI=1S/C6H11N5OS/c7-6-3-13-2-5(6)1-9-11(5)4(12)10(6)8/h9H,1-3,7-8H2/t5?,6-/m0/s1. The maximum Gasteiger partial charge on any atom is 0.351 e. The van der Waals surface area contributed by atoms with Crippen LogP contribution in [0.4, 0.5) is 4.79 Å². The SMILES string of the molecule is NN1C(=O)N2NCC23CSC[C@]13N. The lowest BCUT2D eigenvalue weighted by Gasteiger charge is -2.49. The number of hydrazine groups is 2. The van der Waals surface area contributed by atoms with Gasteiger partial charge in [0, 0.05) is 18.1 Å². The molecular formula is C6H11N5OS. The number of urea groups is 1. The van der Waals surface area contributed by atoms with Crippen LogP contribution in [-0.4, -0.2) is 45.3 Å². The van der Waals surface area contributed by atoms with Gasteiger partial charge in [-0.2, -0.15) is 11.8 Å². The van der Waals surface area contributed by atoms with E-state index >= 15 is 0 Å². The normalized spacial score (nSPS) is 47.7. The Morgan fingerprint density at radius 2 is 2.31 bits per heavy atom. The summed E-state index contributed by atoms with van der Waals surface area (Å²) in [6.45, 7) is 0.746. The molecule has 1 unspecified atom stereocenters. The number of rotatable bonds is 0. The molecule has 0 saturated carbocycles. The molecule has 3 heterocycles. The molecule has 3 rings (SSSR count). The van der Waals surface area contributed by atoms with Crippen LogP contribution in [0.25, 0.3) is 0 Å². The third-order valence-corrected chi connectivity index (χ3v) is 4.58. The van der Waals surface area contributed by atoms with Crippen LogP contribution >= 0.6 is 11.8 Å². The number of hydrogen-bond acceptors (Lipinski definition) is 5. The second kappa shape index (κ2) is 1.95. The zero-order chi connectivity index (χ0) is 9.27. The molecular weight excluding hydrogens is 190 g/mol. The van der Waals surface area contributed by atoms with Gasteiger partial charge in [-0.3, -0.25) is 0 Å². The summed E-state index contributed by atoms with van der Waals surface area (Å²) in [4.78, 5) is 11.6. The molecule has 0 aromatic rings. The van der Waals surface area contributed by atoms with Gasteiger partial charge in [-0.15, -0.1) is 0 Å². The van der Waals surface area contributed by atoms with Crippen molar-refractivity contribution in [2.24, 2.45) is 11.6 Å². The average Bonchev–Trinajstić information content (AvgIpc) is 2.46. The summed E-state index contributed by atoms with van der Waals surface area (Å²) in [5.74, 6) is 7.26. The molecule has 2 atom stereocenters. The van der Waals surface area contributed by atoms with Crippen molar-refractivity contribution in [1.29, 1.82) is 0 Å². The summed E-state index contributed by atoms with van der Waals surface area (Å²) in [7, 11) is 0. The molecule has 0 aliphatic carbocycles. The van der Waals surface area contributed by atoms with Crippen molar-refractivity contribution >= 4 is 17.8 Å². The van der Waals surface area contributed by atoms with Crippen LogP contribution in [0.2, 0.25) is 0 Å². The Morgan fingerprint density at radius 1 is 1.54 bits per heavy atom. The molecule has 0 aromatic heterocycles. The Labute approximate surface area is 79.5 Å². The van der Waals surface area contributed by atoms with Gasteiger partial charge in [0.2, 0.25) is 0 Å². The number of carbonyl (C=O) groups excluding carboxylic acids is 1. The van der Waals surface area contributed by atoms with Gasteiger partial charge in [0.1, 0.15) is 11.2 Å². The van der Waals surface area contributed by atoms with E-state index in [9.17, 15) is 4.79 Å². The summed E-state index contributed by atoms with van der Waals surface area (Å²) < 4.78 is 0. The van der Waals surface area contributed by atoms with E-state index in [4.69, 9.17) is 11.6 Å². The fourth-order valence-corrected chi connectivity index (χ4v) is 3.91. The van der Waals surface area contributed by atoms with E-state index in [-0.39, 0.29) is 11.6 Å². The molecule has 5 N–H and O–H groups in total. The Kier molecular flexibility index (Phi) is 1.18. The monoisotopic (exact) mass is 201 g/mol. The fraction of sp³-hybridized carbons (Fsp3) is 0.833. The number of nitrogens with one attached hydrogen (secondary N) is 1. The molecule has 3 aliphatic rings. The topological polar surface area (TPSA) is 87.6 Å². The van der Waals surface area contributed by atoms with Crippen LogP contribution in [0, 0.1) is 0 Å². The predicted molar refractivity (Wildman–Crippen MR) is 48.2 cm³/mol. The van der Waals surface area contributed by atoms with E-state index in [1.165, 1.54) is 5.01 Å². The number of thioether (sulfide) groups is 1. The van der Waals surface area contributed by atoms with E-state index < -0.39 is 5.66 Å². The summed E-state index contributed by atoms with van der Waals surface area (Å²) in [6.07, 6.45) is 0. The van der Waals surface area contributed by atoms with Crippen LogP contribution in [0.15, 0.2) is 0 Å². The smallest absolute Gasteiger partial charge is 0.305 e. The first-order chi connectivity index (χ1) is 6.12. The Bertz CT molecular complexity index is 285. The molecule has 7 heteroatoms. The first kappa shape index (κ1) is 7.86. The third-order valence-electron chi connectivity index (χ3n) is 3.25. The van der Waals surface area contributed by atoms with Crippen LogP contribution in [0.5, 0.6) is 0 Å². The van der Waals surface area contributed by atoms with Crippen LogP contribution < -0.4 is 17.0 Å². The molecule has 0 radical (unpaired) electrons.